The lowest BCUT2D eigenvalue weighted by atomic mass is 10.2. The number of thiazole rings is 1. The number of sulfonamides is 1. The summed E-state index contributed by atoms with van der Waals surface area (Å²) in [4.78, 5) is 17.4. The van der Waals surface area contributed by atoms with E-state index in [4.69, 9.17) is 23.2 Å². The van der Waals surface area contributed by atoms with Crippen LogP contribution in [-0.4, -0.2) is 36.2 Å². The van der Waals surface area contributed by atoms with E-state index < -0.39 is 16.1 Å². The van der Waals surface area contributed by atoms with Crippen LogP contribution in [0.5, 0.6) is 0 Å². The number of rotatable bonds is 4. The van der Waals surface area contributed by atoms with Gasteiger partial charge in [0.15, 0.2) is 5.13 Å². The smallest absolute Gasteiger partial charge is 0.244 e. The predicted octanol–water partition coefficient (Wildman–Crippen LogP) is 4.70. The van der Waals surface area contributed by atoms with Crippen molar-refractivity contribution in [1.82, 2.24) is 9.29 Å². The molecule has 0 saturated carbocycles. The standard InChI is InChI=1S/C19H17Cl2N3O3S2/c1-11-9-17-15(10-14(11)21)22-19(28-17)23-18(25)16-3-2-8-24(16)29(26,27)13-6-4-12(20)5-7-13/h4-7,9-10,16H,2-3,8H2,1H3,(H,22,23,25)/t16-/m1/s1. The van der Waals surface area contributed by atoms with Crippen LogP contribution in [-0.2, 0) is 14.8 Å². The second-order valence-electron chi connectivity index (χ2n) is 6.81. The van der Waals surface area contributed by atoms with Crippen molar-refractivity contribution in [1.29, 1.82) is 0 Å². The van der Waals surface area contributed by atoms with Gasteiger partial charge in [-0.15, -0.1) is 0 Å². The number of amides is 1. The quantitative estimate of drug-likeness (QED) is 0.600. The third kappa shape index (κ3) is 4.00. The number of fused-ring (bicyclic) bond motifs is 1. The van der Waals surface area contributed by atoms with E-state index in [2.05, 4.69) is 10.3 Å². The lowest BCUT2D eigenvalue weighted by molar-refractivity contribution is -0.119. The molecule has 0 bridgehead atoms. The summed E-state index contributed by atoms with van der Waals surface area (Å²) in [6.07, 6.45) is 1.06. The molecule has 1 atom stereocenters. The number of halogens is 2. The number of aromatic nitrogens is 1. The van der Waals surface area contributed by atoms with E-state index in [1.54, 1.807) is 6.07 Å². The van der Waals surface area contributed by atoms with E-state index in [-0.39, 0.29) is 17.3 Å². The average Bonchev–Trinajstić information content (AvgIpc) is 3.30. The molecule has 0 aliphatic carbocycles. The maximum absolute atomic E-state index is 13.0. The van der Waals surface area contributed by atoms with Crippen molar-refractivity contribution in [2.45, 2.75) is 30.7 Å². The van der Waals surface area contributed by atoms with Crippen LogP contribution in [0.3, 0.4) is 0 Å². The summed E-state index contributed by atoms with van der Waals surface area (Å²) in [6, 6.07) is 8.83. The second kappa shape index (κ2) is 7.85. The highest BCUT2D eigenvalue weighted by atomic mass is 35.5. The average molecular weight is 470 g/mol. The van der Waals surface area contributed by atoms with Crippen LogP contribution in [0.1, 0.15) is 18.4 Å². The molecule has 1 N–H and O–H groups in total. The third-order valence-electron chi connectivity index (χ3n) is 4.83. The second-order valence-corrected chi connectivity index (χ2v) is 10.6. The maximum atomic E-state index is 13.0. The van der Waals surface area contributed by atoms with Crippen LogP contribution in [0.2, 0.25) is 10.0 Å². The highest BCUT2D eigenvalue weighted by Gasteiger charge is 2.39. The molecule has 1 saturated heterocycles. The molecule has 152 valence electrons. The van der Waals surface area contributed by atoms with Gasteiger partial charge in [-0.05, 0) is 61.7 Å². The highest BCUT2D eigenvalue weighted by molar-refractivity contribution is 7.89. The van der Waals surface area contributed by atoms with Crippen molar-refractivity contribution in [3.63, 3.8) is 0 Å². The van der Waals surface area contributed by atoms with Gasteiger partial charge in [0, 0.05) is 16.6 Å². The van der Waals surface area contributed by atoms with Crippen molar-refractivity contribution in [3.05, 3.63) is 52.0 Å². The normalized spacial score (nSPS) is 17.7. The zero-order valence-electron chi connectivity index (χ0n) is 15.4. The van der Waals surface area contributed by atoms with Gasteiger partial charge in [0.05, 0.1) is 15.1 Å². The number of anilines is 1. The molecule has 10 heteroatoms. The van der Waals surface area contributed by atoms with Crippen molar-refractivity contribution in [2.24, 2.45) is 0 Å². The SMILES string of the molecule is Cc1cc2sc(NC(=O)[C@H]3CCCN3S(=O)(=O)c3ccc(Cl)cc3)nc2cc1Cl. The van der Waals surface area contributed by atoms with Crippen LogP contribution in [0.25, 0.3) is 10.2 Å². The fourth-order valence-electron chi connectivity index (χ4n) is 3.32. The Hall–Kier alpha value is -1.71. The minimum absolute atomic E-state index is 0.117. The van der Waals surface area contributed by atoms with Gasteiger partial charge in [-0.3, -0.25) is 4.79 Å². The molecule has 29 heavy (non-hydrogen) atoms. The number of carbonyl (C=O) groups is 1. The fraction of sp³-hybridized carbons (Fsp3) is 0.263. The van der Waals surface area contributed by atoms with Gasteiger partial charge >= 0.3 is 0 Å². The molecule has 1 aromatic heterocycles. The Kier molecular flexibility index (Phi) is 5.56. The number of benzene rings is 2. The van der Waals surface area contributed by atoms with Gasteiger partial charge in [-0.2, -0.15) is 4.31 Å². The Morgan fingerprint density at radius 2 is 1.97 bits per heavy atom. The molecule has 1 amide bonds. The van der Waals surface area contributed by atoms with Gasteiger partial charge in [0.1, 0.15) is 6.04 Å². The number of carbonyl (C=O) groups excluding carboxylic acids is 1. The topological polar surface area (TPSA) is 79.4 Å². The molecular weight excluding hydrogens is 453 g/mol. The number of nitrogens with one attached hydrogen (secondary N) is 1. The van der Waals surface area contributed by atoms with Gasteiger partial charge in [-0.25, -0.2) is 13.4 Å². The minimum atomic E-state index is -3.80. The molecule has 0 radical (unpaired) electrons. The molecule has 2 aromatic carbocycles. The molecule has 4 rings (SSSR count). The number of hydrogen-bond donors (Lipinski definition) is 1. The summed E-state index contributed by atoms with van der Waals surface area (Å²) < 4.78 is 28.2. The fourth-order valence-corrected chi connectivity index (χ4v) is 6.21. The number of hydrogen-bond acceptors (Lipinski definition) is 5. The van der Waals surface area contributed by atoms with Gasteiger partial charge in [0.2, 0.25) is 15.9 Å². The van der Waals surface area contributed by atoms with E-state index in [9.17, 15) is 13.2 Å². The van der Waals surface area contributed by atoms with Crippen LogP contribution in [0.4, 0.5) is 5.13 Å². The summed E-state index contributed by atoms with van der Waals surface area (Å²) >= 11 is 13.3. The molecule has 6 nitrogen and oxygen atoms in total. The predicted molar refractivity (Wildman–Crippen MR) is 116 cm³/mol. The van der Waals surface area contributed by atoms with E-state index >= 15 is 0 Å². The van der Waals surface area contributed by atoms with Gasteiger partial charge < -0.3 is 5.32 Å². The first kappa shape index (κ1) is 20.6. The molecular formula is C19H17Cl2N3O3S2. The Morgan fingerprint density at radius 3 is 2.69 bits per heavy atom. The van der Waals surface area contributed by atoms with E-state index in [1.807, 2.05) is 13.0 Å². The lowest BCUT2D eigenvalue weighted by Crippen LogP contribution is -2.43. The highest BCUT2D eigenvalue weighted by Crippen LogP contribution is 2.32. The third-order valence-corrected chi connectivity index (χ3v) is 8.34. The zero-order chi connectivity index (χ0) is 20.8. The summed E-state index contributed by atoms with van der Waals surface area (Å²) in [5, 5.41) is 4.25. The zero-order valence-corrected chi connectivity index (χ0v) is 18.5. The van der Waals surface area contributed by atoms with Crippen LogP contribution in [0.15, 0.2) is 41.3 Å². The minimum Gasteiger partial charge on any atom is -0.301 e. The van der Waals surface area contributed by atoms with Crippen molar-refractivity contribution < 1.29 is 13.2 Å². The molecule has 0 unspecified atom stereocenters. The first-order valence-electron chi connectivity index (χ1n) is 8.90. The van der Waals surface area contributed by atoms with Crippen molar-refractivity contribution in [3.8, 4) is 0 Å². The van der Waals surface area contributed by atoms with Crippen LogP contribution >= 0.6 is 34.5 Å². The molecule has 0 spiro atoms. The first-order chi connectivity index (χ1) is 13.8. The lowest BCUT2D eigenvalue weighted by Gasteiger charge is -2.23. The maximum Gasteiger partial charge on any atom is 0.244 e. The largest absolute Gasteiger partial charge is 0.301 e. The summed E-state index contributed by atoms with van der Waals surface area (Å²) in [7, 11) is -3.80. The van der Waals surface area contributed by atoms with Crippen molar-refractivity contribution in [2.75, 3.05) is 11.9 Å². The van der Waals surface area contributed by atoms with Gasteiger partial charge in [0.25, 0.3) is 0 Å². The van der Waals surface area contributed by atoms with Crippen LogP contribution < -0.4 is 5.32 Å². The first-order valence-corrected chi connectivity index (χ1v) is 11.9. The Morgan fingerprint density at radius 1 is 1.24 bits per heavy atom. The molecule has 2 heterocycles. The molecule has 1 aliphatic heterocycles. The van der Waals surface area contributed by atoms with E-state index in [0.29, 0.717) is 33.5 Å². The Balaban J connectivity index is 1.57. The van der Waals surface area contributed by atoms with Crippen LogP contribution in [0, 0.1) is 6.92 Å². The Labute approximate surface area is 182 Å². The molecule has 1 fully saturated rings. The summed E-state index contributed by atoms with van der Waals surface area (Å²) in [6.45, 7) is 2.19. The van der Waals surface area contributed by atoms with Crippen molar-refractivity contribution >= 4 is 65.8 Å². The Bertz CT molecular complexity index is 1150. The monoisotopic (exact) mass is 469 g/mol. The number of aryl methyl sites for hydroxylation is 1. The summed E-state index contributed by atoms with van der Waals surface area (Å²) in [5.41, 5.74) is 1.62. The van der Waals surface area contributed by atoms with Gasteiger partial charge in [-0.1, -0.05) is 34.5 Å². The summed E-state index contributed by atoms with van der Waals surface area (Å²) in [5.74, 6) is -0.387. The van der Waals surface area contributed by atoms with E-state index in [1.165, 1.54) is 39.9 Å². The molecule has 3 aromatic rings. The number of nitrogens with zero attached hydrogens (tertiary/aromatic N) is 2. The molecule has 1 aliphatic rings. The van der Waals surface area contributed by atoms with E-state index in [0.717, 1.165) is 10.3 Å².